The molecule has 2 aliphatic carbocycles. The number of hydrogen-bond donors (Lipinski definition) is 1. The zero-order valence-corrected chi connectivity index (χ0v) is 24.1. The van der Waals surface area contributed by atoms with Crippen molar-refractivity contribution in [2.24, 2.45) is 17.6 Å². The third kappa shape index (κ3) is 9.95. The molecule has 2 aromatic rings. The van der Waals surface area contributed by atoms with Gasteiger partial charge < -0.3 is 20.1 Å². The van der Waals surface area contributed by atoms with Crippen LogP contribution in [0.1, 0.15) is 93.0 Å². The fourth-order valence-electron chi connectivity index (χ4n) is 6.22. The van der Waals surface area contributed by atoms with Crippen LogP contribution in [0.5, 0.6) is 11.5 Å². The number of nitrogens with two attached hydrogens (primary N) is 1. The normalized spacial score (nSPS) is 20.2. The molecule has 4 rings (SSSR count). The van der Waals surface area contributed by atoms with E-state index in [-0.39, 0.29) is 5.78 Å². The lowest BCUT2D eigenvalue weighted by Gasteiger charge is -2.35. The number of hydrogen-bond acceptors (Lipinski definition) is 5. The van der Waals surface area contributed by atoms with Gasteiger partial charge in [0, 0.05) is 24.6 Å². The molecule has 2 aromatic carbocycles. The van der Waals surface area contributed by atoms with E-state index < -0.39 is 0 Å². The van der Waals surface area contributed by atoms with Crippen LogP contribution in [0, 0.1) is 11.8 Å². The Morgan fingerprint density at radius 2 is 1.59 bits per heavy atom. The number of carbonyl (C=O) groups excluding carboxylic acids is 1. The van der Waals surface area contributed by atoms with Gasteiger partial charge in [-0.05, 0) is 107 Å². The van der Waals surface area contributed by atoms with Gasteiger partial charge in [-0.15, -0.1) is 0 Å². The molecule has 2 saturated carbocycles. The molecule has 39 heavy (non-hydrogen) atoms. The minimum absolute atomic E-state index is 0.201. The van der Waals surface area contributed by atoms with Crippen molar-refractivity contribution in [3.8, 4) is 11.5 Å². The number of rotatable bonds is 15. The van der Waals surface area contributed by atoms with Crippen LogP contribution in [-0.4, -0.2) is 50.1 Å². The molecule has 0 amide bonds. The van der Waals surface area contributed by atoms with Gasteiger partial charge in [0.2, 0.25) is 0 Å². The van der Waals surface area contributed by atoms with E-state index in [1.807, 2.05) is 24.3 Å². The summed E-state index contributed by atoms with van der Waals surface area (Å²) < 4.78 is 12.3. The lowest BCUT2D eigenvalue weighted by molar-refractivity contribution is 0.0926. The molecule has 5 nitrogen and oxygen atoms in total. The fourth-order valence-corrected chi connectivity index (χ4v) is 6.22. The molecular weight excluding hydrogens is 484 g/mol. The van der Waals surface area contributed by atoms with E-state index in [0.29, 0.717) is 24.3 Å². The van der Waals surface area contributed by atoms with Crippen LogP contribution in [-0.2, 0) is 6.42 Å². The third-order valence-electron chi connectivity index (χ3n) is 8.74. The highest BCUT2D eigenvalue weighted by Crippen LogP contribution is 2.29. The second-order valence-corrected chi connectivity index (χ2v) is 11.9. The Morgan fingerprint density at radius 1 is 0.872 bits per heavy atom. The van der Waals surface area contributed by atoms with Crippen molar-refractivity contribution in [1.29, 1.82) is 0 Å². The Kier molecular flexibility index (Phi) is 12.2. The van der Waals surface area contributed by atoms with Crippen molar-refractivity contribution in [2.45, 2.75) is 89.5 Å². The molecule has 2 unspecified atom stereocenters. The van der Waals surface area contributed by atoms with Gasteiger partial charge in [-0.25, -0.2) is 0 Å². The summed E-state index contributed by atoms with van der Waals surface area (Å²) in [5, 5.41) is 0. The van der Waals surface area contributed by atoms with E-state index in [9.17, 15) is 4.79 Å². The standard InChI is InChI=1S/C34H50N2O3/c1-36(21-19-34(37)30-15-9-18-33(24-30)38-25-28-11-3-2-4-12-28)31-16-7-14-29(22-31)26-39-32-17-8-13-27(23-32)10-5-6-20-35/h8-9,13,15,17-18,23-24,28-29,31H,2-7,10-12,14,16,19-22,25-26,35H2,1H3. The summed E-state index contributed by atoms with van der Waals surface area (Å²) in [6.45, 7) is 3.08. The van der Waals surface area contributed by atoms with Crippen LogP contribution < -0.4 is 15.2 Å². The maximum atomic E-state index is 13.0. The molecule has 0 saturated heterocycles. The predicted octanol–water partition coefficient (Wildman–Crippen LogP) is 7.07. The molecular formula is C34H50N2O3. The van der Waals surface area contributed by atoms with Gasteiger partial charge >= 0.3 is 0 Å². The number of nitrogens with zero attached hydrogens (tertiary/aromatic N) is 1. The van der Waals surface area contributed by atoms with Crippen LogP contribution in [0.3, 0.4) is 0 Å². The molecule has 2 aliphatic rings. The van der Waals surface area contributed by atoms with Crippen LogP contribution in [0.25, 0.3) is 0 Å². The van der Waals surface area contributed by atoms with Crippen molar-refractivity contribution in [3.05, 3.63) is 59.7 Å². The molecule has 2 fully saturated rings. The maximum Gasteiger partial charge on any atom is 0.164 e. The van der Waals surface area contributed by atoms with E-state index in [4.69, 9.17) is 15.2 Å². The number of aryl methyl sites for hydroxylation is 1. The van der Waals surface area contributed by atoms with Crippen molar-refractivity contribution in [2.75, 3.05) is 33.4 Å². The summed E-state index contributed by atoms with van der Waals surface area (Å²) in [6.07, 6.45) is 15.1. The quantitative estimate of drug-likeness (QED) is 0.196. The lowest BCUT2D eigenvalue weighted by Crippen LogP contribution is -2.38. The average molecular weight is 535 g/mol. The monoisotopic (exact) mass is 534 g/mol. The molecule has 214 valence electrons. The highest BCUT2D eigenvalue weighted by Gasteiger charge is 2.26. The number of Topliss-reactive ketones (excluding diaryl/α,β-unsaturated/α-hetero) is 1. The number of ether oxygens (including phenoxy) is 2. The third-order valence-corrected chi connectivity index (χ3v) is 8.74. The summed E-state index contributed by atoms with van der Waals surface area (Å²) in [4.78, 5) is 15.4. The van der Waals surface area contributed by atoms with Gasteiger partial charge in [-0.1, -0.05) is 49.9 Å². The Hall–Kier alpha value is -2.37. The predicted molar refractivity (Wildman–Crippen MR) is 160 cm³/mol. The highest BCUT2D eigenvalue weighted by molar-refractivity contribution is 5.96. The van der Waals surface area contributed by atoms with Crippen molar-refractivity contribution < 1.29 is 14.3 Å². The van der Waals surface area contributed by atoms with Crippen LogP contribution in [0.2, 0.25) is 0 Å². The first-order valence-corrected chi connectivity index (χ1v) is 15.5. The molecule has 0 aromatic heterocycles. The molecule has 0 heterocycles. The summed E-state index contributed by atoms with van der Waals surface area (Å²) >= 11 is 0. The first-order chi connectivity index (χ1) is 19.1. The van der Waals surface area contributed by atoms with Crippen LogP contribution in [0.4, 0.5) is 0 Å². The second-order valence-electron chi connectivity index (χ2n) is 11.9. The topological polar surface area (TPSA) is 64.8 Å². The number of carbonyl (C=O) groups is 1. The van der Waals surface area contributed by atoms with E-state index in [2.05, 4.69) is 36.2 Å². The zero-order chi connectivity index (χ0) is 27.3. The van der Waals surface area contributed by atoms with E-state index in [0.717, 1.165) is 69.0 Å². The summed E-state index contributed by atoms with van der Waals surface area (Å²) in [6, 6.07) is 16.8. The maximum absolute atomic E-state index is 13.0. The number of ketones is 1. The molecule has 0 bridgehead atoms. The first kappa shape index (κ1) is 29.6. The van der Waals surface area contributed by atoms with E-state index >= 15 is 0 Å². The minimum atomic E-state index is 0.201. The summed E-state index contributed by atoms with van der Waals surface area (Å²) in [5.74, 6) is 3.23. The van der Waals surface area contributed by atoms with Gasteiger partial charge in [-0.2, -0.15) is 0 Å². The van der Waals surface area contributed by atoms with Gasteiger partial charge in [0.15, 0.2) is 5.78 Å². The Bertz CT molecular complexity index is 1000. The van der Waals surface area contributed by atoms with Gasteiger partial charge in [0.05, 0.1) is 13.2 Å². The average Bonchev–Trinajstić information content (AvgIpc) is 2.99. The van der Waals surface area contributed by atoms with Crippen molar-refractivity contribution in [1.82, 2.24) is 4.90 Å². The Labute approximate surface area is 236 Å². The van der Waals surface area contributed by atoms with E-state index in [1.54, 1.807) is 0 Å². The largest absolute Gasteiger partial charge is 0.493 e. The van der Waals surface area contributed by atoms with Gasteiger partial charge in [0.1, 0.15) is 11.5 Å². The molecule has 0 spiro atoms. The summed E-state index contributed by atoms with van der Waals surface area (Å²) in [5.41, 5.74) is 7.73. The lowest BCUT2D eigenvalue weighted by atomic mass is 9.85. The van der Waals surface area contributed by atoms with Crippen LogP contribution in [0.15, 0.2) is 48.5 Å². The summed E-state index contributed by atoms with van der Waals surface area (Å²) in [7, 11) is 2.18. The fraction of sp³-hybridized carbons (Fsp3) is 0.618. The smallest absolute Gasteiger partial charge is 0.164 e. The first-order valence-electron chi connectivity index (χ1n) is 15.5. The van der Waals surface area contributed by atoms with Crippen molar-refractivity contribution >= 4 is 5.78 Å². The zero-order valence-electron chi connectivity index (χ0n) is 24.1. The Balaban J connectivity index is 1.19. The molecule has 5 heteroatoms. The van der Waals surface area contributed by atoms with Gasteiger partial charge in [0.25, 0.3) is 0 Å². The second kappa shape index (κ2) is 16.0. The molecule has 0 aliphatic heterocycles. The SMILES string of the molecule is CN(CCC(=O)c1cccc(OCC2CCCCC2)c1)C1CCCC(COc2cccc(CCCCN)c2)C1. The molecule has 2 N–H and O–H groups in total. The highest BCUT2D eigenvalue weighted by atomic mass is 16.5. The van der Waals surface area contributed by atoms with Crippen molar-refractivity contribution in [3.63, 3.8) is 0 Å². The Morgan fingerprint density at radius 3 is 2.38 bits per heavy atom. The van der Waals surface area contributed by atoms with Gasteiger partial charge in [-0.3, -0.25) is 4.79 Å². The number of unbranched alkanes of at least 4 members (excludes halogenated alkanes) is 1. The minimum Gasteiger partial charge on any atom is -0.493 e. The molecule has 2 atom stereocenters. The number of benzene rings is 2. The van der Waals surface area contributed by atoms with E-state index in [1.165, 1.54) is 56.9 Å². The molecule has 0 radical (unpaired) electrons. The van der Waals surface area contributed by atoms with Crippen LogP contribution >= 0.6 is 0 Å².